The number of nitrogens with zero attached hydrogens (tertiary/aromatic N) is 1. The predicted molar refractivity (Wildman–Crippen MR) is 111 cm³/mol. The molecule has 0 radical (unpaired) electrons. The lowest BCUT2D eigenvalue weighted by Gasteiger charge is -2.11. The van der Waals surface area contributed by atoms with Gasteiger partial charge in [-0.3, -0.25) is 4.79 Å². The fraction of sp³-hybridized carbons (Fsp3) is 0.300. The molecule has 2 rings (SSSR count). The Balaban J connectivity index is 1.80. The third-order valence-electron chi connectivity index (χ3n) is 3.38. The maximum atomic E-state index is 11.9. The maximum Gasteiger partial charge on any atom is 0.240 e. The van der Waals surface area contributed by atoms with E-state index >= 15 is 0 Å². The van der Waals surface area contributed by atoms with Gasteiger partial charge in [0.1, 0.15) is 0 Å². The zero-order valence-electron chi connectivity index (χ0n) is 15.4. The second-order valence-electron chi connectivity index (χ2n) is 5.42. The molecule has 0 heterocycles. The molecule has 27 heavy (non-hydrogen) atoms. The Labute approximate surface area is 169 Å². The summed E-state index contributed by atoms with van der Waals surface area (Å²) < 4.78 is 11.1. The number of rotatable bonds is 10. The first-order valence-electron chi connectivity index (χ1n) is 8.72. The molecule has 0 aliphatic heterocycles. The van der Waals surface area contributed by atoms with E-state index in [0.29, 0.717) is 41.9 Å². The number of hydrogen-bond acceptors (Lipinski definition) is 5. The minimum absolute atomic E-state index is 0.135. The lowest BCUT2D eigenvalue weighted by molar-refractivity contribution is -0.120. The van der Waals surface area contributed by atoms with Gasteiger partial charge in [-0.05, 0) is 61.9 Å². The van der Waals surface area contributed by atoms with Crippen LogP contribution in [0.15, 0.2) is 52.5 Å². The van der Waals surface area contributed by atoms with Gasteiger partial charge in [0.05, 0.1) is 19.4 Å². The summed E-state index contributed by atoms with van der Waals surface area (Å²) in [5.74, 6) is 1.89. The van der Waals surface area contributed by atoms with Gasteiger partial charge in [-0.2, -0.15) is 5.10 Å². The van der Waals surface area contributed by atoms with Crippen LogP contribution in [0.1, 0.15) is 25.8 Å². The number of nitrogens with one attached hydrogen (secondary N) is 1. The second-order valence-corrected chi connectivity index (χ2v) is 7.02. The molecule has 0 aliphatic carbocycles. The molecule has 0 atom stereocenters. The van der Waals surface area contributed by atoms with E-state index in [-0.39, 0.29) is 5.91 Å². The summed E-state index contributed by atoms with van der Waals surface area (Å²) in [6.45, 7) is 4.95. The molecular formula is C20H23ClN2O3S. The van der Waals surface area contributed by atoms with E-state index in [2.05, 4.69) is 10.5 Å². The number of thioether (sulfide) groups is 1. The van der Waals surface area contributed by atoms with Crippen LogP contribution in [0.3, 0.4) is 0 Å². The van der Waals surface area contributed by atoms with E-state index in [9.17, 15) is 4.79 Å². The van der Waals surface area contributed by atoms with Crippen molar-refractivity contribution in [3.63, 3.8) is 0 Å². The number of carbonyl (C=O) groups is 1. The normalized spacial score (nSPS) is 10.8. The lowest BCUT2D eigenvalue weighted by atomic mass is 10.2. The number of halogens is 1. The molecule has 0 spiro atoms. The summed E-state index contributed by atoms with van der Waals surface area (Å²) in [5, 5.41) is 4.71. The Morgan fingerprint density at radius 2 is 1.81 bits per heavy atom. The van der Waals surface area contributed by atoms with Crippen LogP contribution in [0.2, 0.25) is 5.02 Å². The standard InChI is InChI=1S/C20H23ClN2O3S/c1-3-25-18-10-5-15(13-19(18)26-4-2)14-22-23-20(24)11-12-27-17-8-6-16(21)7-9-17/h5-10,13-14H,3-4,11-12H2,1-2H3,(H,23,24)/b22-14-. The fourth-order valence-electron chi connectivity index (χ4n) is 2.18. The fourth-order valence-corrected chi connectivity index (χ4v) is 3.15. The van der Waals surface area contributed by atoms with Gasteiger partial charge < -0.3 is 9.47 Å². The summed E-state index contributed by atoms with van der Waals surface area (Å²) in [6, 6.07) is 13.1. The predicted octanol–water partition coefficient (Wildman–Crippen LogP) is 4.77. The minimum atomic E-state index is -0.135. The molecule has 2 aromatic rings. The molecule has 1 amide bonds. The van der Waals surface area contributed by atoms with E-state index in [1.54, 1.807) is 18.0 Å². The van der Waals surface area contributed by atoms with E-state index in [1.807, 2.05) is 56.3 Å². The number of hydrazone groups is 1. The molecule has 0 bridgehead atoms. The van der Waals surface area contributed by atoms with Gasteiger partial charge in [-0.25, -0.2) is 5.43 Å². The largest absolute Gasteiger partial charge is 0.490 e. The molecule has 0 aliphatic rings. The highest BCUT2D eigenvalue weighted by atomic mass is 35.5. The van der Waals surface area contributed by atoms with Crippen LogP contribution in [0.25, 0.3) is 0 Å². The van der Waals surface area contributed by atoms with Crippen molar-refractivity contribution in [1.82, 2.24) is 5.43 Å². The van der Waals surface area contributed by atoms with Gasteiger partial charge in [0.15, 0.2) is 11.5 Å². The zero-order valence-corrected chi connectivity index (χ0v) is 17.0. The Morgan fingerprint density at radius 3 is 2.52 bits per heavy atom. The molecule has 1 N–H and O–H groups in total. The number of amides is 1. The van der Waals surface area contributed by atoms with E-state index in [1.165, 1.54) is 0 Å². The average Bonchev–Trinajstić information content (AvgIpc) is 2.66. The summed E-state index contributed by atoms with van der Waals surface area (Å²) in [4.78, 5) is 13.0. The van der Waals surface area contributed by atoms with Crippen molar-refractivity contribution in [2.75, 3.05) is 19.0 Å². The van der Waals surface area contributed by atoms with Crippen LogP contribution in [0.4, 0.5) is 0 Å². The van der Waals surface area contributed by atoms with Crippen molar-refractivity contribution >= 4 is 35.5 Å². The van der Waals surface area contributed by atoms with Gasteiger partial charge in [0, 0.05) is 22.1 Å². The highest BCUT2D eigenvalue weighted by Gasteiger charge is 2.05. The summed E-state index contributed by atoms with van der Waals surface area (Å²) in [7, 11) is 0. The summed E-state index contributed by atoms with van der Waals surface area (Å²) in [5.41, 5.74) is 3.36. The average molecular weight is 407 g/mol. The lowest BCUT2D eigenvalue weighted by Crippen LogP contribution is -2.17. The van der Waals surface area contributed by atoms with Crippen molar-refractivity contribution in [3.05, 3.63) is 53.1 Å². The molecule has 144 valence electrons. The summed E-state index contributed by atoms with van der Waals surface area (Å²) in [6.07, 6.45) is 1.96. The first-order chi connectivity index (χ1) is 13.1. The monoisotopic (exact) mass is 406 g/mol. The van der Waals surface area contributed by atoms with Crippen molar-refractivity contribution in [2.45, 2.75) is 25.2 Å². The third kappa shape index (κ3) is 7.53. The quantitative estimate of drug-likeness (QED) is 0.350. The van der Waals surface area contributed by atoms with Crippen molar-refractivity contribution in [2.24, 2.45) is 5.10 Å². The van der Waals surface area contributed by atoms with Crippen molar-refractivity contribution in [1.29, 1.82) is 0 Å². The molecule has 0 saturated carbocycles. The maximum absolute atomic E-state index is 11.9. The number of carbonyl (C=O) groups excluding carboxylic acids is 1. The van der Waals surface area contributed by atoms with E-state index in [0.717, 1.165) is 10.5 Å². The van der Waals surface area contributed by atoms with Crippen molar-refractivity contribution < 1.29 is 14.3 Å². The van der Waals surface area contributed by atoms with Crippen LogP contribution in [0.5, 0.6) is 11.5 Å². The second kappa shape index (κ2) is 11.5. The Morgan fingerprint density at radius 1 is 1.11 bits per heavy atom. The van der Waals surface area contributed by atoms with Crippen LogP contribution >= 0.6 is 23.4 Å². The first-order valence-corrected chi connectivity index (χ1v) is 10.1. The zero-order chi connectivity index (χ0) is 19.5. The van der Waals surface area contributed by atoms with Crippen molar-refractivity contribution in [3.8, 4) is 11.5 Å². The Bertz CT molecular complexity index is 766. The van der Waals surface area contributed by atoms with Gasteiger partial charge in [0.2, 0.25) is 5.91 Å². The first kappa shape index (κ1) is 21.1. The Hall–Kier alpha value is -2.18. The SMILES string of the molecule is CCOc1ccc(/C=N\NC(=O)CCSc2ccc(Cl)cc2)cc1OCC. The highest BCUT2D eigenvalue weighted by molar-refractivity contribution is 7.99. The highest BCUT2D eigenvalue weighted by Crippen LogP contribution is 2.28. The number of hydrogen-bond donors (Lipinski definition) is 1. The molecule has 5 nitrogen and oxygen atoms in total. The van der Waals surface area contributed by atoms with Crippen LogP contribution in [0, 0.1) is 0 Å². The topological polar surface area (TPSA) is 59.9 Å². The van der Waals surface area contributed by atoms with E-state index in [4.69, 9.17) is 21.1 Å². The molecule has 0 aromatic heterocycles. The van der Waals surface area contributed by atoms with Crippen LogP contribution in [-0.2, 0) is 4.79 Å². The van der Waals surface area contributed by atoms with E-state index < -0.39 is 0 Å². The van der Waals surface area contributed by atoms with Gasteiger partial charge in [0.25, 0.3) is 0 Å². The Kier molecular flexibility index (Phi) is 9.01. The van der Waals surface area contributed by atoms with Crippen LogP contribution in [-0.4, -0.2) is 31.1 Å². The van der Waals surface area contributed by atoms with Crippen LogP contribution < -0.4 is 14.9 Å². The molecule has 0 saturated heterocycles. The molecule has 2 aromatic carbocycles. The third-order valence-corrected chi connectivity index (χ3v) is 4.65. The minimum Gasteiger partial charge on any atom is -0.490 e. The smallest absolute Gasteiger partial charge is 0.240 e. The number of ether oxygens (including phenoxy) is 2. The molecule has 0 unspecified atom stereocenters. The molecular weight excluding hydrogens is 384 g/mol. The van der Waals surface area contributed by atoms with Gasteiger partial charge in [-0.1, -0.05) is 11.6 Å². The van der Waals surface area contributed by atoms with Gasteiger partial charge >= 0.3 is 0 Å². The molecule has 0 fully saturated rings. The number of benzene rings is 2. The van der Waals surface area contributed by atoms with Gasteiger partial charge in [-0.15, -0.1) is 11.8 Å². The molecule has 7 heteroatoms. The summed E-state index contributed by atoms with van der Waals surface area (Å²) >= 11 is 7.45.